The second-order valence-corrected chi connectivity index (χ2v) is 6.54. The van der Waals surface area contributed by atoms with Gasteiger partial charge >= 0.3 is 12.4 Å². The van der Waals surface area contributed by atoms with Crippen LogP contribution < -0.4 is 15.5 Å². The zero-order valence-electron chi connectivity index (χ0n) is 15.2. The molecule has 3 aromatic rings. The van der Waals surface area contributed by atoms with Crippen LogP contribution in [0, 0.1) is 5.41 Å². The number of nitrogens with zero attached hydrogens (tertiary/aromatic N) is 4. The zero-order valence-corrected chi connectivity index (χ0v) is 15.2. The Morgan fingerprint density at radius 1 is 0.774 bits per heavy atom. The molecule has 3 N–H and O–H groups in total. The van der Waals surface area contributed by atoms with E-state index in [1.54, 1.807) is 0 Å². The molecule has 1 unspecified atom stereocenters. The smallest absolute Gasteiger partial charge is 0.305 e. The van der Waals surface area contributed by atoms with Gasteiger partial charge in [0.25, 0.3) is 0 Å². The molecule has 0 saturated heterocycles. The number of hydrogen-bond donors (Lipinski definition) is 2. The van der Waals surface area contributed by atoms with Gasteiger partial charge in [-0.25, -0.2) is 4.63 Å². The Balaban J connectivity index is 1.73. The summed E-state index contributed by atoms with van der Waals surface area (Å²) in [7, 11) is 0. The maximum Gasteiger partial charge on any atom is 0.416 e. The van der Waals surface area contributed by atoms with Gasteiger partial charge in [0, 0.05) is 11.4 Å². The molecule has 1 aromatic heterocycles. The molecule has 13 heteroatoms. The van der Waals surface area contributed by atoms with Crippen LogP contribution in [0.2, 0.25) is 0 Å². The van der Waals surface area contributed by atoms with Gasteiger partial charge < -0.3 is 5.73 Å². The minimum atomic E-state index is -4.54. The van der Waals surface area contributed by atoms with Gasteiger partial charge in [-0.3, -0.25) is 15.2 Å². The van der Waals surface area contributed by atoms with Gasteiger partial charge in [0.1, 0.15) is 12.0 Å². The second-order valence-electron chi connectivity index (χ2n) is 6.54. The van der Waals surface area contributed by atoms with Gasteiger partial charge in [-0.2, -0.15) is 26.3 Å². The number of nitrogens with one attached hydrogen (secondary N) is 1. The summed E-state index contributed by atoms with van der Waals surface area (Å²) in [5.74, 6) is -0.364. The minimum absolute atomic E-state index is 0.0110. The lowest BCUT2D eigenvalue weighted by molar-refractivity contribution is -0.138. The normalized spacial score (nSPS) is 17.1. The molecule has 0 fully saturated rings. The Hall–Kier alpha value is -3.61. The number of aromatic nitrogens is 2. The molecule has 0 bridgehead atoms. The number of amidine groups is 1. The number of benzene rings is 2. The van der Waals surface area contributed by atoms with E-state index < -0.39 is 29.6 Å². The van der Waals surface area contributed by atoms with E-state index in [2.05, 4.69) is 10.3 Å². The highest BCUT2D eigenvalue weighted by Gasteiger charge is 2.40. The van der Waals surface area contributed by atoms with Crippen LogP contribution in [-0.2, 0) is 12.4 Å². The highest BCUT2D eigenvalue weighted by molar-refractivity contribution is 6.11. The van der Waals surface area contributed by atoms with E-state index in [1.807, 2.05) is 0 Å². The maximum absolute atomic E-state index is 12.8. The highest BCUT2D eigenvalue weighted by Crippen LogP contribution is 2.42. The van der Waals surface area contributed by atoms with Crippen LogP contribution in [-0.4, -0.2) is 22.3 Å². The van der Waals surface area contributed by atoms with E-state index in [9.17, 15) is 26.3 Å². The molecule has 0 saturated carbocycles. The van der Waals surface area contributed by atoms with Crippen LogP contribution in [0.15, 0.2) is 53.2 Å². The predicted octanol–water partition coefficient (Wildman–Crippen LogP) is 4.66. The number of fused-ring (bicyclic) bond motifs is 1. The van der Waals surface area contributed by atoms with Crippen molar-refractivity contribution in [2.24, 2.45) is 5.73 Å². The molecule has 2 heterocycles. The SMILES string of the molecule is N=C1C(N)N(c2ccc(C(F)(F)F)cc2)c2nonc2N1c1ccc(C(F)(F)F)cc1. The molecule has 0 radical (unpaired) electrons. The van der Waals surface area contributed by atoms with Gasteiger partial charge in [0.15, 0.2) is 0 Å². The van der Waals surface area contributed by atoms with Gasteiger partial charge in [0.2, 0.25) is 11.6 Å². The van der Waals surface area contributed by atoms with Crippen molar-refractivity contribution in [2.45, 2.75) is 18.5 Å². The van der Waals surface area contributed by atoms with E-state index in [-0.39, 0.29) is 28.8 Å². The largest absolute Gasteiger partial charge is 0.416 e. The summed E-state index contributed by atoms with van der Waals surface area (Å²) in [6.07, 6.45) is -10.3. The Morgan fingerprint density at radius 3 is 1.71 bits per heavy atom. The number of hydrogen-bond acceptors (Lipinski definition) is 6. The van der Waals surface area contributed by atoms with Crippen molar-refractivity contribution in [1.29, 1.82) is 5.41 Å². The molecule has 162 valence electrons. The molecular weight excluding hydrogens is 430 g/mol. The molecule has 7 nitrogen and oxygen atoms in total. The van der Waals surface area contributed by atoms with Crippen LogP contribution in [0.1, 0.15) is 11.1 Å². The van der Waals surface area contributed by atoms with Crippen molar-refractivity contribution in [3.05, 3.63) is 59.7 Å². The number of nitrogens with two attached hydrogens (primary N) is 1. The Kier molecular flexibility index (Phi) is 4.65. The quantitative estimate of drug-likeness (QED) is 0.561. The van der Waals surface area contributed by atoms with Crippen LogP contribution >= 0.6 is 0 Å². The lowest BCUT2D eigenvalue weighted by Crippen LogP contribution is -2.54. The van der Waals surface area contributed by atoms with Gasteiger partial charge in [0.05, 0.1) is 11.1 Å². The van der Waals surface area contributed by atoms with Crippen molar-refractivity contribution < 1.29 is 31.0 Å². The topological polar surface area (TPSA) is 95.3 Å². The summed E-state index contributed by atoms with van der Waals surface area (Å²) < 4.78 is 81.8. The predicted molar refractivity (Wildman–Crippen MR) is 97.2 cm³/mol. The average Bonchev–Trinajstić information content (AvgIpc) is 3.17. The first-order chi connectivity index (χ1) is 14.5. The van der Waals surface area contributed by atoms with E-state index in [0.29, 0.717) is 0 Å². The van der Waals surface area contributed by atoms with Crippen molar-refractivity contribution in [3.63, 3.8) is 0 Å². The van der Waals surface area contributed by atoms with Gasteiger partial charge in [-0.1, -0.05) is 0 Å². The molecule has 4 rings (SSSR count). The lowest BCUT2D eigenvalue weighted by Gasteiger charge is -2.38. The third kappa shape index (κ3) is 3.56. The van der Waals surface area contributed by atoms with Gasteiger partial charge in [-0.05, 0) is 58.8 Å². The van der Waals surface area contributed by atoms with Crippen LogP contribution in [0.5, 0.6) is 0 Å². The maximum atomic E-state index is 12.8. The fourth-order valence-electron chi connectivity index (χ4n) is 3.13. The molecule has 0 spiro atoms. The van der Waals surface area contributed by atoms with Crippen molar-refractivity contribution in [3.8, 4) is 0 Å². The lowest BCUT2D eigenvalue weighted by atomic mass is 10.1. The Labute approximate surface area is 170 Å². The molecule has 0 aliphatic carbocycles. The summed E-state index contributed by atoms with van der Waals surface area (Å²) in [5, 5.41) is 15.8. The Morgan fingerprint density at radius 2 is 1.23 bits per heavy atom. The number of rotatable bonds is 2. The number of alkyl halides is 6. The summed E-state index contributed by atoms with van der Waals surface area (Å²) in [4.78, 5) is 2.39. The zero-order chi connectivity index (χ0) is 22.6. The summed E-state index contributed by atoms with van der Waals surface area (Å²) >= 11 is 0. The molecule has 0 amide bonds. The van der Waals surface area contributed by atoms with E-state index in [4.69, 9.17) is 15.8 Å². The number of halogens is 6. The molecule has 1 atom stereocenters. The molecule has 2 aromatic carbocycles. The fourth-order valence-corrected chi connectivity index (χ4v) is 3.13. The first-order valence-electron chi connectivity index (χ1n) is 8.59. The van der Waals surface area contributed by atoms with Crippen molar-refractivity contribution >= 4 is 28.8 Å². The summed E-state index contributed by atoms with van der Waals surface area (Å²) in [6, 6.07) is 7.95. The third-order valence-corrected chi connectivity index (χ3v) is 4.62. The fraction of sp³-hybridized carbons (Fsp3) is 0.167. The second kappa shape index (κ2) is 6.97. The van der Waals surface area contributed by atoms with E-state index in [0.717, 1.165) is 53.4 Å². The van der Waals surface area contributed by atoms with Crippen LogP contribution in [0.3, 0.4) is 0 Å². The first kappa shape index (κ1) is 20.7. The Bertz CT molecular complexity index is 1110. The summed E-state index contributed by atoms with van der Waals surface area (Å²) in [6.45, 7) is 0. The number of anilines is 4. The van der Waals surface area contributed by atoms with Crippen molar-refractivity contribution in [1.82, 2.24) is 10.3 Å². The van der Waals surface area contributed by atoms with Crippen molar-refractivity contribution in [2.75, 3.05) is 9.80 Å². The first-order valence-corrected chi connectivity index (χ1v) is 8.59. The average molecular weight is 442 g/mol. The van der Waals surface area contributed by atoms with Crippen LogP contribution in [0.4, 0.5) is 49.4 Å². The van der Waals surface area contributed by atoms with E-state index >= 15 is 0 Å². The van der Waals surface area contributed by atoms with E-state index in [1.165, 1.54) is 4.90 Å². The minimum Gasteiger partial charge on any atom is -0.305 e. The molecule has 1 aliphatic heterocycles. The molecular formula is C18H12F6N6O. The third-order valence-electron chi connectivity index (χ3n) is 4.62. The van der Waals surface area contributed by atoms with Gasteiger partial charge in [-0.15, -0.1) is 0 Å². The molecule has 31 heavy (non-hydrogen) atoms. The summed E-state index contributed by atoms with van der Waals surface area (Å²) in [5.41, 5.74) is 4.71. The molecule has 1 aliphatic rings. The monoisotopic (exact) mass is 442 g/mol. The standard InChI is InChI=1S/C18H12F6N6O/c19-17(20,21)9-1-5-11(6-2-9)29-13(25)14(26)30(16-15(29)27-31-28-16)12-7-3-10(4-8-12)18(22,23)24/h1-8,13,26H,25H2. The van der Waals surface area contributed by atoms with Crippen LogP contribution in [0.25, 0.3) is 0 Å². The highest BCUT2D eigenvalue weighted by atomic mass is 19.4.